The van der Waals surface area contributed by atoms with Crippen LogP contribution in [0.2, 0.25) is 0 Å². The molecule has 0 saturated heterocycles. The molecule has 0 radical (unpaired) electrons. The third-order valence-corrected chi connectivity index (χ3v) is 2.68. The molecule has 0 spiro atoms. The Bertz CT molecular complexity index is 287. The summed E-state index contributed by atoms with van der Waals surface area (Å²) in [4.78, 5) is 11.2. The Labute approximate surface area is 92.6 Å². The van der Waals surface area contributed by atoms with E-state index in [4.69, 9.17) is 5.73 Å². The van der Waals surface area contributed by atoms with E-state index in [9.17, 15) is 4.79 Å². The summed E-state index contributed by atoms with van der Waals surface area (Å²) in [7, 11) is 0. The van der Waals surface area contributed by atoms with Crippen molar-refractivity contribution < 1.29 is 4.79 Å². The monoisotopic (exact) mass is 255 g/mol. The van der Waals surface area contributed by atoms with Gasteiger partial charge in [-0.25, -0.2) is 0 Å². The van der Waals surface area contributed by atoms with Gasteiger partial charge in [-0.2, -0.15) is 0 Å². The van der Waals surface area contributed by atoms with Crippen molar-refractivity contribution in [3.8, 4) is 0 Å². The van der Waals surface area contributed by atoms with Crippen LogP contribution in [-0.4, -0.2) is 17.2 Å². The fourth-order valence-electron chi connectivity index (χ4n) is 1.23. The van der Waals surface area contributed by atoms with Crippen LogP contribution >= 0.6 is 15.9 Å². The number of carbonyl (C=O) groups is 1. The Balaban J connectivity index is 2.38. The third kappa shape index (κ3) is 3.60. The Morgan fingerprint density at radius 2 is 2.00 bits per heavy atom. The summed E-state index contributed by atoms with van der Waals surface area (Å²) in [6.07, 6.45) is 1.58. The number of nitrogens with two attached hydrogens (primary N) is 1. The molecule has 0 heterocycles. The topological polar surface area (TPSA) is 43.1 Å². The van der Waals surface area contributed by atoms with E-state index in [1.165, 1.54) is 5.56 Å². The highest BCUT2D eigenvalue weighted by Gasteiger charge is 2.11. The van der Waals surface area contributed by atoms with E-state index in [1.54, 1.807) is 0 Å². The molecule has 1 aromatic rings. The predicted molar refractivity (Wildman–Crippen MR) is 61.5 cm³/mol. The maximum atomic E-state index is 11.2. The first kappa shape index (κ1) is 11.4. The summed E-state index contributed by atoms with van der Waals surface area (Å²) in [5, 5.41) is 0.350. The molecule has 2 N–H and O–H groups in total. The molecule has 0 aromatic heterocycles. The summed E-state index contributed by atoms with van der Waals surface area (Å²) in [6, 6.07) is 9.72. The largest absolute Gasteiger partial charge is 0.321 e. The number of alkyl halides is 1. The van der Waals surface area contributed by atoms with Crippen molar-refractivity contribution in [1.29, 1.82) is 0 Å². The van der Waals surface area contributed by atoms with E-state index >= 15 is 0 Å². The Kier molecular flexibility index (Phi) is 4.84. The Morgan fingerprint density at radius 1 is 1.36 bits per heavy atom. The fourth-order valence-corrected chi connectivity index (χ4v) is 1.64. The maximum Gasteiger partial charge on any atom is 0.160 e. The molecule has 0 aliphatic rings. The lowest BCUT2D eigenvalue weighted by atomic mass is 10.0. The summed E-state index contributed by atoms with van der Waals surface area (Å²) in [5.74, 6) is 0.0703. The summed E-state index contributed by atoms with van der Waals surface area (Å²) in [5.41, 5.74) is 6.92. The highest BCUT2D eigenvalue weighted by Crippen LogP contribution is 2.05. The molecule has 14 heavy (non-hydrogen) atoms. The van der Waals surface area contributed by atoms with E-state index < -0.39 is 0 Å². The summed E-state index contributed by atoms with van der Waals surface area (Å²) in [6.45, 7) is 0. The molecule has 1 unspecified atom stereocenters. The molecule has 0 aliphatic heterocycles. The van der Waals surface area contributed by atoms with Gasteiger partial charge in [-0.1, -0.05) is 46.3 Å². The van der Waals surface area contributed by atoms with Crippen molar-refractivity contribution in [2.75, 3.05) is 5.33 Å². The molecule has 0 saturated carbocycles. The number of benzene rings is 1. The molecular weight excluding hydrogens is 242 g/mol. The second-order valence-electron chi connectivity index (χ2n) is 3.23. The molecule has 1 rings (SSSR count). The lowest BCUT2D eigenvalue weighted by Crippen LogP contribution is -2.31. The zero-order valence-corrected chi connectivity index (χ0v) is 9.53. The number of carbonyl (C=O) groups excluding carboxylic acids is 1. The van der Waals surface area contributed by atoms with Crippen LogP contribution in [0.1, 0.15) is 12.0 Å². The lowest BCUT2D eigenvalue weighted by molar-refractivity contribution is -0.117. The van der Waals surface area contributed by atoms with E-state index in [1.807, 2.05) is 30.3 Å². The van der Waals surface area contributed by atoms with Gasteiger partial charge in [-0.3, -0.25) is 4.79 Å². The minimum Gasteiger partial charge on any atom is -0.321 e. The van der Waals surface area contributed by atoms with Crippen LogP contribution in [0.5, 0.6) is 0 Å². The second-order valence-corrected chi connectivity index (χ2v) is 3.79. The van der Waals surface area contributed by atoms with Crippen LogP contribution in [0.4, 0.5) is 0 Å². The maximum absolute atomic E-state index is 11.2. The molecule has 76 valence electrons. The normalized spacial score (nSPS) is 12.4. The fraction of sp³-hybridized carbons (Fsp3) is 0.364. The van der Waals surface area contributed by atoms with Gasteiger partial charge in [0.1, 0.15) is 0 Å². The van der Waals surface area contributed by atoms with Crippen molar-refractivity contribution >= 4 is 21.7 Å². The zero-order chi connectivity index (χ0) is 10.4. The van der Waals surface area contributed by atoms with Gasteiger partial charge in [0.15, 0.2) is 5.78 Å². The molecule has 1 atom stereocenters. The van der Waals surface area contributed by atoms with Crippen molar-refractivity contribution in [3.63, 3.8) is 0 Å². The number of Topliss-reactive ketones (excluding diaryl/α,β-unsaturated/α-hetero) is 1. The lowest BCUT2D eigenvalue weighted by Gasteiger charge is -2.08. The van der Waals surface area contributed by atoms with Crippen LogP contribution in [0, 0.1) is 0 Å². The number of aryl methyl sites for hydroxylation is 1. The van der Waals surface area contributed by atoms with Gasteiger partial charge in [0.05, 0.1) is 11.4 Å². The number of rotatable bonds is 5. The average molecular weight is 256 g/mol. The molecule has 0 fully saturated rings. The number of ketones is 1. The SMILES string of the molecule is NC(CCc1ccccc1)C(=O)CBr. The standard InChI is InChI=1S/C11H14BrNO/c12-8-11(14)10(13)7-6-9-4-2-1-3-5-9/h1-5,10H,6-8,13H2. The van der Waals surface area contributed by atoms with Crippen molar-refractivity contribution in [2.45, 2.75) is 18.9 Å². The second kappa shape index (κ2) is 5.94. The van der Waals surface area contributed by atoms with Crippen LogP contribution in [-0.2, 0) is 11.2 Å². The first-order valence-electron chi connectivity index (χ1n) is 4.62. The quantitative estimate of drug-likeness (QED) is 0.818. The molecule has 0 amide bonds. The van der Waals surface area contributed by atoms with Gasteiger partial charge >= 0.3 is 0 Å². The molecule has 0 bridgehead atoms. The van der Waals surface area contributed by atoms with Gasteiger partial charge in [-0.05, 0) is 18.4 Å². The van der Waals surface area contributed by atoms with Gasteiger partial charge in [-0.15, -0.1) is 0 Å². The minimum absolute atomic E-state index is 0.0703. The van der Waals surface area contributed by atoms with Crippen LogP contribution in [0.3, 0.4) is 0 Å². The van der Waals surface area contributed by atoms with Crippen LogP contribution in [0.15, 0.2) is 30.3 Å². The first-order valence-corrected chi connectivity index (χ1v) is 5.74. The molecule has 3 heteroatoms. The summed E-state index contributed by atoms with van der Waals surface area (Å²) < 4.78 is 0. The molecular formula is C11H14BrNO. The van der Waals surface area contributed by atoms with Crippen LogP contribution < -0.4 is 5.73 Å². The average Bonchev–Trinajstić information content (AvgIpc) is 2.26. The van der Waals surface area contributed by atoms with Crippen molar-refractivity contribution in [3.05, 3.63) is 35.9 Å². The number of hydrogen-bond acceptors (Lipinski definition) is 2. The third-order valence-electron chi connectivity index (χ3n) is 2.13. The van der Waals surface area contributed by atoms with Gasteiger partial charge in [0.25, 0.3) is 0 Å². The van der Waals surface area contributed by atoms with Gasteiger partial charge in [0.2, 0.25) is 0 Å². The zero-order valence-electron chi connectivity index (χ0n) is 7.95. The summed E-state index contributed by atoms with van der Waals surface area (Å²) >= 11 is 3.11. The first-order chi connectivity index (χ1) is 6.74. The molecule has 0 aliphatic carbocycles. The van der Waals surface area contributed by atoms with Gasteiger partial charge < -0.3 is 5.73 Å². The number of hydrogen-bond donors (Lipinski definition) is 1. The van der Waals surface area contributed by atoms with Crippen LogP contribution in [0.25, 0.3) is 0 Å². The van der Waals surface area contributed by atoms with E-state index in [0.717, 1.165) is 6.42 Å². The van der Waals surface area contributed by atoms with Crippen molar-refractivity contribution in [2.24, 2.45) is 5.73 Å². The van der Waals surface area contributed by atoms with Gasteiger partial charge in [0, 0.05) is 0 Å². The smallest absolute Gasteiger partial charge is 0.160 e. The van der Waals surface area contributed by atoms with E-state index in [-0.39, 0.29) is 11.8 Å². The van der Waals surface area contributed by atoms with Crippen molar-refractivity contribution in [1.82, 2.24) is 0 Å². The minimum atomic E-state index is -0.338. The highest BCUT2D eigenvalue weighted by atomic mass is 79.9. The Morgan fingerprint density at radius 3 is 2.57 bits per heavy atom. The highest BCUT2D eigenvalue weighted by molar-refractivity contribution is 9.09. The predicted octanol–water partition coefficient (Wildman–Crippen LogP) is 1.91. The molecule has 1 aromatic carbocycles. The Hall–Kier alpha value is -0.670. The molecule has 2 nitrogen and oxygen atoms in total. The van der Waals surface area contributed by atoms with E-state index in [0.29, 0.717) is 11.8 Å². The number of halogens is 1. The van der Waals surface area contributed by atoms with E-state index in [2.05, 4.69) is 15.9 Å².